The zero-order chi connectivity index (χ0) is 18.4. The quantitative estimate of drug-likeness (QED) is 0.673. The normalized spacial score (nSPS) is 10.3. The molecule has 0 aliphatic heterocycles. The van der Waals surface area contributed by atoms with E-state index in [1.165, 1.54) is 11.1 Å². The number of aromatic nitrogens is 3. The van der Waals surface area contributed by atoms with Gasteiger partial charge in [-0.2, -0.15) is 10.1 Å². The number of anilines is 3. The molecule has 2 N–H and O–H groups in total. The van der Waals surface area contributed by atoms with Crippen molar-refractivity contribution in [3.8, 4) is 11.5 Å². The number of nitrogens with zero attached hydrogens (tertiary/aromatic N) is 3. The fourth-order valence-electron chi connectivity index (χ4n) is 2.46. The molecule has 0 aliphatic rings. The van der Waals surface area contributed by atoms with Crippen LogP contribution in [0.2, 0.25) is 0 Å². The largest absolute Gasteiger partial charge is 0.497 e. The summed E-state index contributed by atoms with van der Waals surface area (Å²) >= 11 is 0. The van der Waals surface area contributed by atoms with E-state index in [1.807, 2.05) is 24.3 Å². The highest BCUT2D eigenvalue weighted by molar-refractivity contribution is 5.65. The van der Waals surface area contributed by atoms with Crippen molar-refractivity contribution in [2.24, 2.45) is 0 Å². The fourth-order valence-corrected chi connectivity index (χ4v) is 2.46. The summed E-state index contributed by atoms with van der Waals surface area (Å²) in [4.78, 5) is 4.45. The Morgan fingerprint density at radius 2 is 1.88 bits per heavy atom. The summed E-state index contributed by atoms with van der Waals surface area (Å²) in [6, 6.07) is 13.7. The Morgan fingerprint density at radius 3 is 2.65 bits per heavy atom. The maximum absolute atomic E-state index is 5.39. The zero-order valence-corrected chi connectivity index (χ0v) is 15.0. The molecular weight excluding hydrogens is 330 g/mol. The van der Waals surface area contributed by atoms with Gasteiger partial charge in [0.25, 0.3) is 0 Å². The van der Waals surface area contributed by atoms with Crippen molar-refractivity contribution in [3.05, 3.63) is 59.8 Å². The van der Waals surface area contributed by atoms with Gasteiger partial charge in [-0.25, -0.2) is 0 Å². The molecule has 134 valence electrons. The molecular formula is C19H21N5O2. The molecule has 0 bridgehead atoms. The molecule has 0 unspecified atom stereocenters. The minimum absolute atomic E-state index is 0.450. The molecule has 0 spiro atoms. The molecule has 0 saturated heterocycles. The number of rotatable bonds is 7. The van der Waals surface area contributed by atoms with Gasteiger partial charge >= 0.3 is 0 Å². The first kappa shape index (κ1) is 17.5. The third-order valence-electron chi connectivity index (χ3n) is 3.93. The Kier molecular flexibility index (Phi) is 5.48. The average Bonchev–Trinajstić information content (AvgIpc) is 2.68. The number of hydrogen-bond donors (Lipinski definition) is 2. The highest BCUT2D eigenvalue weighted by Crippen LogP contribution is 2.30. The third-order valence-corrected chi connectivity index (χ3v) is 3.93. The van der Waals surface area contributed by atoms with Gasteiger partial charge in [0.15, 0.2) is 5.82 Å². The van der Waals surface area contributed by atoms with E-state index in [-0.39, 0.29) is 0 Å². The summed E-state index contributed by atoms with van der Waals surface area (Å²) in [5.41, 5.74) is 3.16. The summed E-state index contributed by atoms with van der Waals surface area (Å²) < 4.78 is 10.6. The average molecular weight is 351 g/mol. The van der Waals surface area contributed by atoms with Gasteiger partial charge in [-0.1, -0.05) is 24.3 Å². The van der Waals surface area contributed by atoms with Crippen LogP contribution in [-0.2, 0) is 6.54 Å². The monoisotopic (exact) mass is 351 g/mol. The Bertz CT molecular complexity index is 885. The number of nitrogens with one attached hydrogen (secondary N) is 2. The second-order valence-corrected chi connectivity index (χ2v) is 5.64. The van der Waals surface area contributed by atoms with Crippen molar-refractivity contribution in [3.63, 3.8) is 0 Å². The smallest absolute Gasteiger partial charge is 0.244 e. The summed E-state index contributed by atoms with van der Waals surface area (Å²) in [6.07, 6.45) is 1.56. The summed E-state index contributed by atoms with van der Waals surface area (Å²) in [5.74, 6) is 2.38. The van der Waals surface area contributed by atoms with Crippen LogP contribution in [0.4, 0.5) is 17.5 Å². The Morgan fingerprint density at radius 1 is 1.04 bits per heavy atom. The first-order valence-electron chi connectivity index (χ1n) is 8.16. The Hall–Kier alpha value is -3.35. The van der Waals surface area contributed by atoms with E-state index in [2.05, 4.69) is 44.9 Å². The van der Waals surface area contributed by atoms with Crippen molar-refractivity contribution >= 4 is 17.5 Å². The molecule has 0 fully saturated rings. The lowest BCUT2D eigenvalue weighted by atomic mass is 10.1. The summed E-state index contributed by atoms with van der Waals surface area (Å²) in [5, 5.41) is 14.4. The zero-order valence-electron chi connectivity index (χ0n) is 15.0. The maximum atomic E-state index is 5.39. The molecule has 26 heavy (non-hydrogen) atoms. The molecule has 7 nitrogen and oxygen atoms in total. The Balaban J connectivity index is 1.72. The Labute approximate surface area is 152 Å². The fraction of sp³-hybridized carbons (Fsp3) is 0.211. The lowest BCUT2D eigenvalue weighted by Gasteiger charge is -2.12. The molecule has 0 amide bonds. The van der Waals surface area contributed by atoms with E-state index in [0.717, 1.165) is 5.69 Å². The van der Waals surface area contributed by atoms with Gasteiger partial charge < -0.3 is 20.1 Å². The second-order valence-electron chi connectivity index (χ2n) is 5.64. The molecule has 3 aromatic rings. The van der Waals surface area contributed by atoms with E-state index in [0.29, 0.717) is 29.8 Å². The molecule has 1 aromatic heterocycles. The predicted octanol–water partition coefficient (Wildman–Crippen LogP) is 3.55. The second kappa shape index (κ2) is 8.15. The standard InChI is InChI=1S/C19H21N5O2/c1-13-6-4-5-7-14(13)11-20-19-23-18(12-21-24-19)22-16-9-8-15(25-2)10-17(16)26-3/h4-10,12H,11H2,1-3H3,(H2,20,22,23,24). The molecule has 1 heterocycles. The lowest BCUT2D eigenvalue weighted by molar-refractivity contribution is 0.395. The van der Waals surface area contributed by atoms with Gasteiger partial charge in [0.05, 0.1) is 26.1 Å². The van der Waals surface area contributed by atoms with Crippen LogP contribution in [-0.4, -0.2) is 29.4 Å². The van der Waals surface area contributed by atoms with Crippen molar-refractivity contribution in [2.45, 2.75) is 13.5 Å². The van der Waals surface area contributed by atoms with Gasteiger partial charge in [0, 0.05) is 12.6 Å². The number of ether oxygens (including phenoxy) is 2. The van der Waals surface area contributed by atoms with Crippen molar-refractivity contribution < 1.29 is 9.47 Å². The molecule has 0 radical (unpaired) electrons. The number of hydrogen-bond acceptors (Lipinski definition) is 7. The van der Waals surface area contributed by atoms with Gasteiger partial charge in [-0.05, 0) is 30.2 Å². The van der Waals surface area contributed by atoms with E-state index in [9.17, 15) is 0 Å². The minimum Gasteiger partial charge on any atom is -0.497 e. The van der Waals surface area contributed by atoms with Crippen molar-refractivity contribution in [2.75, 3.05) is 24.9 Å². The van der Waals surface area contributed by atoms with E-state index < -0.39 is 0 Å². The van der Waals surface area contributed by atoms with E-state index >= 15 is 0 Å². The molecule has 2 aromatic carbocycles. The van der Waals surface area contributed by atoms with E-state index in [1.54, 1.807) is 26.5 Å². The number of methoxy groups -OCH3 is 2. The van der Waals surface area contributed by atoms with Crippen LogP contribution in [0.15, 0.2) is 48.7 Å². The molecule has 3 rings (SSSR count). The van der Waals surface area contributed by atoms with Crippen LogP contribution in [0, 0.1) is 6.92 Å². The topological polar surface area (TPSA) is 81.2 Å². The number of aryl methyl sites for hydroxylation is 1. The summed E-state index contributed by atoms with van der Waals surface area (Å²) in [7, 11) is 3.22. The van der Waals surface area contributed by atoms with Crippen LogP contribution in [0.5, 0.6) is 11.5 Å². The van der Waals surface area contributed by atoms with Crippen molar-refractivity contribution in [1.82, 2.24) is 15.2 Å². The lowest BCUT2D eigenvalue weighted by Crippen LogP contribution is -2.07. The molecule has 0 saturated carbocycles. The van der Waals surface area contributed by atoms with E-state index in [4.69, 9.17) is 9.47 Å². The van der Waals surface area contributed by atoms with Crippen LogP contribution in [0.3, 0.4) is 0 Å². The third kappa shape index (κ3) is 4.18. The van der Waals surface area contributed by atoms with Crippen LogP contribution in [0.25, 0.3) is 0 Å². The molecule has 7 heteroatoms. The van der Waals surface area contributed by atoms with Crippen LogP contribution in [0.1, 0.15) is 11.1 Å². The van der Waals surface area contributed by atoms with Gasteiger partial charge in [-0.3, -0.25) is 0 Å². The number of benzene rings is 2. The van der Waals surface area contributed by atoms with Gasteiger partial charge in [0.2, 0.25) is 5.95 Å². The first-order chi connectivity index (χ1) is 12.7. The first-order valence-corrected chi connectivity index (χ1v) is 8.16. The maximum Gasteiger partial charge on any atom is 0.244 e. The van der Waals surface area contributed by atoms with Crippen molar-refractivity contribution in [1.29, 1.82) is 0 Å². The van der Waals surface area contributed by atoms with Gasteiger partial charge in [-0.15, -0.1) is 5.10 Å². The highest BCUT2D eigenvalue weighted by Gasteiger charge is 2.08. The summed E-state index contributed by atoms with van der Waals surface area (Å²) in [6.45, 7) is 2.70. The SMILES string of the molecule is COc1ccc(Nc2cnnc(NCc3ccccc3C)n2)c(OC)c1. The molecule has 0 aliphatic carbocycles. The molecule has 0 atom stereocenters. The minimum atomic E-state index is 0.450. The highest BCUT2D eigenvalue weighted by atomic mass is 16.5. The van der Waals surface area contributed by atoms with Gasteiger partial charge in [0.1, 0.15) is 11.5 Å². The van der Waals surface area contributed by atoms with Crippen LogP contribution >= 0.6 is 0 Å². The van der Waals surface area contributed by atoms with Crippen LogP contribution < -0.4 is 20.1 Å². The predicted molar refractivity (Wildman–Crippen MR) is 101 cm³/mol.